The molecule has 0 radical (unpaired) electrons. The third kappa shape index (κ3) is 2.78. The van der Waals surface area contributed by atoms with Crippen LogP contribution in [0.15, 0.2) is 61.2 Å². The van der Waals surface area contributed by atoms with Crippen LogP contribution in [0.25, 0.3) is 16.6 Å². The molecule has 0 aliphatic rings. The van der Waals surface area contributed by atoms with Gasteiger partial charge < -0.3 is 5.11 Å². The van der Waals surface area contributed by atoms with Crippen LogP contribution in [-0.4, -0.2) is 30.8 Å². The largest absolute Gasteiger partial charge is 0.392 e. The van der Waals surface area contributed by atoms with Crippen molar-refractivity contribution in [2.24, 2.45) is 0 Å². The quantitative estimate of drug-likeness (QED) is 0.629. The smallest absolute Gasteiger partial charge is 0.161 e. The second-order valence-corrected chi connectivity index (χ2v) is 5.71. The van der Waals surface area contributed by atoms with E-state index in [-0.39, 0.29) is 0 Å². The van der Waals surface area contributed by atoms with Crippen molar-refractivity contribution in [1.29, 1.82) is 0 Å². The molecule has 23 heavy (non-hydrogen) atoms. The van der Waals surface area contributed by atoms with Gasteiger partial charge in [0.15, 0.2) is 5.65 Å². The molecule has 1 aromatic carbocycles. The van der Waals surface area contributed by atoms with Crippen molar-refractivity contribution >= 4 is 16.6 Å². The van der Waals surface area contributed by atoms with E-state index in [9.17, 15) is 5.11 Å². The maximum Gasteiger partial charge on any atom is 0.161 e. The summed E-state index contributed by atoms with van der Waals surface area (Å²) in [5.41, 5.74) is 4.06. The molecule has 0 aliphatic carbocycles. The van der Waals surface area contributed by atoms with Crippen molar-refractivity contribution in [2.45, 2.75) is 18.9 Å². The number of aliphatic hydroxyl groups excluding tert-OH is 1. The Bertz CT molecular complexity index is 949. The van der Waals surface area contributed by atoms with E-state index in [0.717, 1.165) is 27.7 Å². The molecular weight excluding hydrogens is 288 g/mol. The average molecular weight is 304 g/mol. The molecule has 1 unspecified atom stereocenters. The number of aliphatic hydroxyl groups is 1. The standard InChI is InChI=1S/C18H16N4O/c23-16(10-14-2-1-7-19-11-14)9-13-3-5-17-15(8-13)4-6-18-21-20-12-22(17)18/h1-8,11-12,16,23H,9-10H2. The number of rotatable bonds is 4. The molecule has 5 nitrogen and oxygen atoms in total. The Morgan fingerprint density at radius 2 is 1.96 bits per heavy atom. The normalized spacial score (nSPS) is 12.7. The molecule has 0 spiro atoms. The van der Waals surface area contributed by atoms with Crippen LogP contribution >= 0.6 is 0 Å². The minimum atomic E-state index is -0.421. The predicted octanol–water partition coefficient (Wildman–Crippen LogP) is 2.42. The molecule has 4 aromatic rings. The molecule has 3 heterocycles. The first-order valence-corrected chi connectivity index (χ1v) is 7.58. The Hall–Kier alpha value is -2.79. The lowest BCUT2D eigenvalue weighted by Gasteiger charge is -2.11. The van der Waals surface area contributed by atoms with Gasteiger partial charge in [-0.25, -0.2) is 0 Å². The van der Waals surface area contributed by atoms with Crippen LogP contribution in [0.5, 0.6) is 0 Å². The molecule has 0 saturated carbocycles. The molecule has 114 valence electrons. The van der Waals surface area contributed by atoms with Crippen molar-refractivity contribution < 1.29 is 5.11 Å². The van der Waals surface area contributed by atoms with Crippen LogP contribution in [0, 0.1) is 0 Å². The van der Waals surface area contributed by atoms with Gasteiger partial charge in [-0.2, -0.15) is 0 Å². The van der Waals surface area contributed by atoms with Gasteiger partial charge in [0.25, 0.3) is 0 Å². The lowest BCUT2D eigenvalue weighted by atomic mass is 10.0. The lowest BCUT2D eigenvalue weighted by Crippen LogP contribution is -2.14. The fourth-order valence-corrected chi connectivity index (χ4v) is 2.93. The van der Waals surface area contributed by atoms with E-state index in [0.29, 0.717) is 12.8 Å². The number of fused-ring (bicyclic) bond motifs is 3. The molecule has 0 bridgehead atoms. The first-order valence-electron chi connectivity index (χ1n) is 7.58. The van der Waals surface area contributed by atoms with E-state index in [1.165, 1.54) is 0 Å². The predicted molar refractivity (Wildman–Crippen MR) is 88.1 cm³/mol. The van der Waals surface area contributed by atoms with Crippen molar-refractivity contribution in [2.75, 3.05) is 0 Å². The summed E-state index contributed by atoms with van der Waals surface area (Å²) < 4.78 is 1.96. The van der Waals surface area contributed by atoms with Crippen molar-refractivity contribution in [1.82, 2.24) is 19.6 Å². The van der Waals surface area contributed by atoms with Gasteiger partial charge >= 0.3 is 0 Å². The molecule has 0 saturated heterocycles. The maximum atomic E-state index is 10.3. The van der Waals surface area contributed by atoms with Gasteiger partial charge in [0, 0.05) is 18.8 Å². The third-order valence-electron chi connectivity index (χ3n) is 4.00. The van der Waals surface area contributed by atoms with E-state index in [4.69, 9.17) is 0 Å². The van der Waals surface area contributed by atoms with Crippen molar-refractivity contribution in [3.8, 4) is 0 Å². The van der Waals surface area contributed by atoms with Gasteiger partial charge in [-0.15, -0.1) is 10.2 Å². The van der Waals surface area contributed by atoms with Crippen LogP contribution in [-0.2, 0) is 12.8 Å². The number of pyridine rings is 2. The highest BCUT2D eigenvalue weighted by atomic mass is 16.3. The second kappa shape index (κ2) is 5.78. The zero-order valence-corrected chi connectivity index (χ0v) is 12.5. The van der Waals surface area contributed by atoms with E-state index in [2.05, 4.69) is 27.3 Å². The Morgan fingerprint density at radius 3 is 2.83 bits per heavy atom. The highest BCUT2D eigenvalue weighted by Crippen LogP contribution is 2.19. The topological polar surface area (TPSA) is 63.3 Å². The minimum absolute atomic E-state index is 0.421. The highest BCUT2D eigenvalue weighted by Gasteiger charge is 2.09. The summed E-state index contributed by atoms with van der Waals surface area (Å²) in [5.74, 6) is 0. The minimum Gasteiger partial charge on any atom is -0.392 e. The van der Waals surface area contributed by atoms with Gasteiger partial charge in [-0.3, -0.25) is 9.38 Å². The third-order valence-corrected chi connectivity index (χ3v) is 4.00. The van der Waals surface area contributed by atoms with Gasteiger partial charge in [0.1, 0.15) is 6.33 Å². The monoisotopic (exact) mass is 304 g/mol. The Balaban J connectivity index is 1.58. The molecule has 4 rings (SSSR count). The molecule has 3 aromatic heterocycles. The first kappa shape index (κ1) is 13.8. The Labute approximate surface area is 133 Å². The number of aromatic nitrogens is 4. The van der Waals surface area contributed by atoms with Crippen LogP contribution in [0.1, 0.15) is 11.1 Å². The molecule has 0 fully saturated rings. The zero-order chi connectivity index (χ0) is 15.6. The average Bonchev–Trinajstić information content (AvgIpc) is 3.04. The van der Waals surface area contributed by atoms with E-state index < -0.39 is 6.10 Å². The Morgan fingerprint density at radius 1 is 1.04 bits per heavy atom. The molecule has 0 aliphatic heterocycles. The lowest BCUT2D eigenvalue weighted by molar-refractivity contribution is 0.175. The summed E-state index contributed by atoms with van der Waals surface area (Å²) in [6.07, 6.45) is 6.06. The van der Waals surface area contributed by atoms with E-state index in [1.54, 1.807) is 18.7 Å². The van der Waals surface area contributed by atoms with Gasteiger partial charge in [-0.1, -0.05) is 12.1 Å². The maximum absolute atomic E-state index is 10.3. The zero-order valence-electron chi connectivity index (χ0n) is 12.5. The second-order valence-electron chi connectivity index (χ2n) is 5.71. The van der Waals surface area contributed by atoms with Gasteiger partial charge in [0.2, 0.25) is 0 Å². The first-order chi connectivity index (χ1) is 11.3. The molecule has 1 N–H and O–H groups in total. The number of nitrogens with zero attached hydrogens (tertiary/aromatic N) is 4. The van der Waals surface area contributed by atoms with E-state index in [1.807, 2.05) is 34.7 Å². The van der Waals surface area contributed by atoms with E-state index >= 15 is 0 Å². The number of hydrogen-bond donors (Lipinski definition) is 1. The van der Waals surface area contributed by atoms with Crippen LogP contribution in [0.3, 0.4) is 0 Å². The summed E-state index contributed by atoms with van der Waals surface area (Å²) >= 11 is 0. The number of hydrogen-bond acceptors (Lipinski definition) is 4. The summed E-state index contributed by atoms with van der Waals surface area (Å²) in [6, 6.07) is 14.1. The SMILES string of the molecule is OC(Cc1cccnc1)Cc1ccc2c(ccc3nncn32)c1. The van der Waals surface area contributed by atoms with Crippen LogP contribution in [0.2, 0.25) is 0 Å². The van der Waals surface area contributed by atoms with Crippen molar-refractivity contribution in [3.05, 3.63) is 72.3 Å². The van der Waals surface area contributed by atoms with Crippen LogP contribution < -0.4 is 0 Å². The Kier molecular flexibility index (Phi) is 3.48. The number of benzene rings is 1. The van der Waals surface area contributed by atoms with Gasteiger partial charge in [-0.05, 0) is 53.3 Å². The van der Waals surface area contributed by atoms with Crippen LogP contribution in [0.4, 0.5) is 0 Å². The summed E-state index contributed by atoms with van der Waals surface area (Å²) in [7, 11) is 0. The summed E-state index contributed by atoms with van der Waals surface area (Å²) in [4.78, 5) is 4.08. The fraction of sp³-hybridized carbons (Fsp3) is 0.167. The molecule has 0 amide bonds. The summed E-state index contributed by atoms with van der Waals surface area (Å²) in [6.45, 7) is 0. The fourth-order valence-electron chi connectivity index (χ4n) is 2.93. The van der Waals surface area contributed by atoms with Crippen molar-refractivity contribution in [3.63, 3.8) is 0 Å². The summed E-state index contributed by atoms with van der Waals surface area (Å²) in [5, 5.41) is 19.4. The molecule has 5 heteroatoms. The molecular formula is C18H16N4O. The highest BCUT2D eigenvalue weighted by molar-refractivity contribution is 5.82. The molecule has 1 atom stereocenters. The van der Waals surface area contributed by atoms with Gasteiger partial charge in [0.05, 0.1) is 11.6 Å².